The third kappa shape index (κ3) is 3.78. The van der Waals surface area contributed by atoms with E-state index >= 15 is 0 Å². The summed E-state index contributed by atoms with van der Waals surface area (Å²) in [5.41, 5.74) is 0. The first kappa shape index (κ1) is 19.7. The number of hydrogen-bond acceptors (Lipinski definition) is 5. The minimum atomic E-state index is -1.31. The number of ether oxygens (including phenoxy) is 1. The normalized spacial score (nSPS) is 23.0. The van der Waals surface area contributed by atoms with Gasteiger partial charge in [0.2, 0.25) is 18.0 Å². The van der Waals surface area contributed by atoms with E-state index in [1.807, 2.05) is 13.0 Å². The first-order chi connectivity index (χ1) is 13.4. The highest BCUT2D eigenvalue weighted by atomic mass is 16.5. The standard InChI is InChI=1S/C19H23N3O6/c1-2-3-9-15(24)21-10-13-16(18(25)22(13)17(21)19(26)27)20-14(23)11-28-12-7-5-4-6-8-12/h4-8,13,16-17H,2-3,9-11H2,1H3,(H,20,23)(H,26,27)/t13?,16-,17?/m1/s1. The number of nitrogens with one attached hydrogen (secondary N) is 1. The zero-order valence-electron chi connectivity index (χ0n) is 15.5. The van der Waals surface area contributed by atoms with E-state index < -0.39 is 36.0 Å². The number of aliphatic carboxylic acids is 1. The van der Waals surface area contributed by atoms with E-state index in [1.54, 1.807) is 24.3 Å². The average Bonchev–Trinajstić information content (AvgIpc) is 3.06. The van der Waals surface area contributed by atoms with Crippen molar-refractivity contribution in [2.75, 3.05) is 13.2 Å². The van der Waals surface area contributed by atoms with Crippen LogP contribution in [0.2, 0.25) is 0 Å². The zero-order chi connectivity index (χ0) is 20.3. The molecule has 0 spiro atoms. The van der Waals surface area contributed by atoms with E-state index in [0.717, 1.165) is 11.3 Å². The van der Waals surface area contributed by atoms with Crippen LogP contribution in [0.3, 0.4) is 0 Å². The number of β-lactam (4-membered cyclic amide) rings is 1. The summed E-state index contributed by atoms with van der Waals surface area (Å²) in [4.78, 5) is 50.9. The first-order valence-corrected chi connectivity index (χ1v) is 9.25. The van der Waals surface area contributed by atoms with Crippen LogP contribution in [-0.4, -0.2) is 70.0 Å². The molecule has 0 aromatic heterocycles. The van der Waals surface area contributed by atoms with Crippen LogP contribution in [0.15, 0.2) is 30.3 Å². The number of amides is 3. The molecule has 3 atom stereocenters. The number of carboxylic acids is 1. The molecule has 0 saturated carbocycles. The highest BCUT2D eigenvalue weighted by Crippen LogP contribution is 2.33. The molecular formula is C19H23N3O6. The molecule has 3 amide bonds. The van der Waals surface area contributed by atoms with Gasteiger partial charge in [-0.3, -0.25) is 14.4 Å². The second-order valence-electron chi connectivity index (χ2n) is 6.82. The van der Waals surface area contributed by atoms with Gasteiger partial charge in [0.25, 0.3) is 5.91 Å². The van der Waals surface area contributed by atoms with Gasteiger partial charge in [-0.05, 0) is 18.6 Å². The van der Waals surface area contributed by atoms with E-state index in [2.05, 4.69) is 5.32 Å². The van der Waals surface area contributed by atoms with Crippen LogP contribution in [0.25, 0.3) is 0 Å². The maximum atomic E-state index is 12.4. The number of para-hydroxylation sites is 1. The Morgan fingerprint density at radius 3 is 2.61 bits per heavy atom. The highest BCUT2D eigenvalue weighted by molar-refractivity contribution is 5.99. The van der Waals surface area contributed by atoms with Crippen molar-refractivity contribution in [3.63, 3.8) is 0 Å². The van der Waals surface area contributed by atoms with Gasteiger partial charge < -0.3 is 25.0 Å². The molecule has 2 fully saturated rings. The van der Waals surface area contributed by atoms with E-state index in [9.17, 15) is 24.3 Å². The van der Waals surface area contributed by atoms with Gasteiger partial charge in [-0.1, -0.05) is 31.5 Å². The van der Waals surface area contributed by atoms with E-state index in [-0.39, 0.29) is 25.5 Å². The van der Waals surface area contributed by atoms with Gasteiger partial charge in [0.15, 0.2) is 6.61 Å². The maximum Gasteiger partial charge on any atom is 0.347 e. The van der Waals surface area contributed by atoms with Crippen molar-refractivity contribution in [1.29, 1.82) is 0 Å². The molecule has 9 nitrogen and oxygen atoms in total. The lowest BCUT2D eigenvalue weighted by atomic mass is 9.96. The summed E-state index contributed by atoms with van der Waals surface area (Å²) in [6.07, 6.45) is 0.383. The topological polar surface area (TPSA) is 116 Å². The molecule has 28 heavy (non-hydrogen) atoms. The summed E-state index contributed by atoms with van der Waals surface area (Å²) >= 11 is 0. The summed E-state index contributed by atoms with van der Waals surface area (Å²) in [6, 6.07) is 7.39. The number of hydrogen-bond donors (Lipinski definition) is 2. The predicted octanol–water partition coefficient (Wildman–Crippen LogP) is 0.204. The Labute approximate surface area is 162 Å². The van der Waals surface area contributed by atoms with Crippen LogP contribution in [0.5, 0.6) is 5.75 Å². The quantitative estimate of drug-likeness (QED) is 0.614. The van der Waals surface area contributed by atoms with Gasteiger partial charge in [0, 0.05) is 13.0 Å². The van der Waals surface area contributed by atoms with Crippen molar-refractivity contribution < 1.29 is 29.0 Å². The fraction of sp³-hybridized carbons (Fsp3) is 0.474. The Kier molecular flexibility index (Phi) is 5.81. The molecule has 3 rings (SSSR count). The number of fused-ring (bicyclic) bond motifs is 1. The summed E-state index contributed by atoms with van der Waals surface area (Å²) in [6.45, 7) is 1.77. The minimum absolute atomic E-state index is 0.0930. The fourth-order valence-electron chi connectivity index (χ4n) is 3.51. The van der Waals surface area contributed by atoms with Gasteiger partial charge in [-0.2, -0.15) is 0 Å². The summed E-state index contributed by atoms with van der Waals surface area (Å²) in [5.74, 6) is -2.01. The second kappa shape index (κ2) is 8.28. The number of benzene rings is 1. The fourth-order valence-corrected chi connectivity index (χ4v) is 3.51. The van der Waals surface area contributed by atoms with Crippen molar-refractivity contribution >= 4 is 23.7 Å². The Morgan fingerprint density at radius 1 is 1.25 bits per heavy atom. The van der Waals surface area contributed by atoms with Crippen molar-refractivity contribution in [2.45, 2.75) is 44.4 Å². The molecule has 2 saturated heterocycles. The van der Waals surface area contributed by atoms with Crippen LogP contribution >= 0.6 is 0 Å². The van der Waals surface area contributed by atoms with Crippen molar-refractivity contribution in [1.82, 2.24) is 15.1 Å². The lowest BCUT2D eigenvalue weighted by molar-refractivity contribution is -0.166. The van der Waals surface area contributed by atoms with E-state index in [1.165, 1.54) is 4.90 Å². The molecule has 0 radical (unpaired) electrons. The number of carbonyl (C=O) groups is 4. The first-order valence-electron chi connectivity index (χ1n) is 9.25. The molecular weight excluding hydrogens is 366 g/mol. The molecule has 9 heteroatoms. The van der Waals surface area contributed by atoms with Crippen LogP contribution in [0.4, 0.5) is 0 Å². The summed E-state index contributed by atoms with van der Waals surface area (Å²) < 4.78 is 5.35. The van der Waals surface area contributed by atoms with Crippen molar-refractivity contribution in [3.8, 4) is 5.75 Å². The largest absolute Gasteiger partial charge is 0.484 e. The van der Waals surface area contributed by atoms with Crippen LogP contribution < -0.4 is 10.1 Å². The molecule has 2 heterocycles. The highest BCUT2D eigenvalue weighted by Gasteiger charge is 2.60. The van der Waals surface area contributed by atoms with Gasteiger partial charge in [-0.15, -0.1) is 0 Å². The third-order valence-corrected chi connectivity index (χ3v) is 4.92. The van der Waals surface area contributed by atoms with Crippen LogP contribution in [-0.2, 0) is 19.2 Å². The molecule has 2 aliphatic rings. The molecule has 2 aliphatic heterocycles. The van der Waals surface area contributed by atoms with Gasteiger partial charge in [0.1, 0.15) is 11.8 Å². The lowest BCUT2D eigenvalue weighted by Crippen LogP contribution is -2.71. The molecule has 2 N–H and O–H groups in total. The zero-order valence-corrected chi connectivity index (χ0v) is 15.5. The maximum absolute atomic E-state index is 12.4. The van der Waals surface area contributed by atoms with Gasteiger partial charge in [0.05, 0.1) is 6.04 Å². The lowest BCUT2D eigenvalue weighted by Gasteiger charge is -2.43. The Hall–Kier alpha value is -3.10. The minimum Gasteiger partial charge on any atom is -0.484 e. The number of carboxylic acid groups (broad SMARTS) is 1. The smallest absolute Gasteiger partial charge is 0.347 e. The summed E-state index contributed by atoms with van der Waals surface area (Å²) in [7, 11) is 0. The Balaban J connectivity index is 1.60. The number of carbonyl (C=O) groups excluding carboxylic acids is 3. The second-order valence-corrected chi connectivity index (χ2v) is 6.82. The predicted molar refractivity (Wildman–Crippen MR) is 97.2 cm³/mol. The molecule has 1 aromatic rings. The monoisotopic (exact) mass is 389 g/mol. The Morgan fingerprint density at radius 2 is 1.96 bits per heavy atom. The van der Waals surface area contributed by atoms with Crippen molar-refractivity contribution in [2.24, 2.45) is 0 Å². The molecule has 1 aromatic carbocycles. The van der Waals surface area contributed by atoms with Crippen LogP contribution in [0, 0.1) is 0 Å². The van der Waals surface area contributed by atoms with Gasteiger partial charge in [-0.25, -0.2) is 4.79 Å². The van der Waals surface area contributed by atoms with Crippen molar-refractivity contribution in [3.05, 3.63) is 30.3 Å². The molecule has 0 bridgehead atoms. The number of nitrogens with zero attached hydrogens (tertiary/aromatic N) is 2. The Bertz CT molecular complexity index is 768. The molecule has 0 aliphatic carbocycles. The SMILES string of the molecule is CCCCC(=O)N1CC2[C@@H](NC(=O)COc3ccccc3)C(=O)N2C1C(=O)O. The van der Waals surface area contributed by atoms with Gasteiger partial charge >= 0.3 is 5.97 Å². The summed E-state index contributed by atoms with van der Waals surface area (Å²) in [5, 5.41) is 12.1. The van der Waals surface area contributed by atoms with E-state index in [4.69, 9.17) is 4.74 Å². The van der Waals surface area contributed by atoms with E-state index in [0.29, 0.717) is 12.2 Å². The third-order valence-electron chi connectivity index (χ3n) is 4.92. The number of unbranched alkanes of at least 4 members (excludes halogenated alkanes) is 1. The molecule has 2 unspecified atom stereocenters. The average molecular weight is 389 g/mol. The molecule has 150 valence electrons. The number of rotatable bonds is 8. The van der Waals surface area contributed by atoms with Crippen LogP contribution in [0.1, 0.15) is 26.2 Å².